The predicted molar refractivity (Wildman–Crippen MR) is 63.0 cm³/mol. The second-order valence-electron chi connectivity index (χ2n) is 4.70. The highest BCUT2D eigenvalue weighted by atomic mass is 15.2. The molecule has 1 fully saturated rings. The lowest BCUT2D eigenvalue weighted by atomic mass is 10.1. The molecule has 0 spiro atoms. The molecule has 1 heterocycles. The van der Waals surface area contributed by atoms with Gasteiger partial charge in [-0.1, -0.05) is 6.92 Å². The Bertz CT molecular complexity index is 326. The number of anilines is 1. The van der Waals surface area contributed by atoms with Crippen LogP contribution in [0.15, 0.2) is 6.20 Å². The van der Waals surface area contributed by atoms with Crippen LogP contribution in [0.2, 0.25) is 0 Å². The standard InChI is InChI=1S/C12H21N3/c1-4-13-12-14-10(3)8-15(12)7-9(2)11-5-6-11/h8-9,11H,4-7H2,1-3H3,(H,13,14). The van der Waals surface area contributed by atoms with Crippen LogP contribution in [0.25, 0.3) is 0 Å². The minimum Gasteiger partial charge on any atom is -0.356 e. The molecule has 2 rings (SSSR count). The van der Waals surface area contributed by atoms with Crippen LogP contribution in [-0.2, 0) is 6.54 Å². The van der Waals surface area contributed by atoms with E-state index in [-0.39, 0.29) is 0 Å². The third-order valence-electron chi connectivity index (χ3n) is 3.14. The second-order valence-corrected chi connectivity index (χ2v) is 4.70. The first-order valence-corrected chi connectivity index (χ1v) is 5.98. The van der Waals surface area contributed by atoms with E-state index in [2.05, 4.69) is 41.8 Å². The molecular formula is C12H21N3. The quantitative estimate of drug-likeness (QED) is 0.804. The number of hydrogen-bond donors (Lipinski definition) is 1. The van der Waals surface area contributed by atoms with Gasteiger partial charge in [0.1, 0.15) is 0 Å². The van der Waals surface area contributed by atoms with Crippen molar-refractivity contribution in [3.05, 3.63) is 11.9 Å². The molecule has 0 saturated heterocycles. The van der Waals surface area contributed by atoms with Crippen LogP contribution in [-0.4, -0.2) is 16.1 Å². The van der Waals surface area contributed by atoms with Crippen LogP contribution in [0.3, 0.4) is 0 Å². The molecule has 0 bridgehead atoms. The number of aryl methyl sites for hydroxylation is 1. The maximum Gasteiger partial charge on any atom is 0.203 e. The van der Waals surface area contributed by atoms with Crippen LogP contribution in [0.4, 0.5) is 5.95 Å². The summed E-state index contributed by atoms with van der Waals surface area (Å²) in [5, 5.41) is 3.31. The van der Waals surface area contributed by atoms with Gasteiger partial charge in [-0.25, -0.2) is 4.98 Å². The Labute approximate surface area is 91.9 Å². The molecule has 0 aromatic carbocycles. The van der Waals surface area contributed by atoms with Crippen molar-refractivity contribution in [1.82, 2.24) is 9.55 Å². The summed E-state index contributed by atoms with van der Waals surface area (Å²) in [5.41, 5.74) is 1.11. The summed E-state index contributed by atoms with van der Waals surface area (Å²) in [4.78, 5) is 4.49. The Morgan fingerprint density at radius 3 is 2.93 bits per heavy atom. The summed E-state index contributed by atoms with van der Waals surface area (Å²) < 4.78 is 2.27. The van der Waals surface area contributed by atoms with E-state index in [1.807, 2.05) is 0 Å². The lowest BCUT2D eigenvalue weighted by Crippen LogP contribution is -2.12. The van der Waals surface area contributed by atoms with Crippen molar-refractivity contribution in [3.8, 4) is 0 Å². The van der Waals surface area contributed by atoms with Gasteiger partial charge in [-0.05, 0) is 38.5 Å². The summed E-state index contributed by atoms with van der Waals surface area (Å²) in [6.07, 6.45) is 4.99. The summed E-state index contributed by atoms with van der Waals surface area (Å²) in [6.45, 7) is 8.56. The molecule has 1 saturated carbocycles. The highest BCUT2D eigenvalue weighted by Gasteiger charge is 2.28. The molecule has 1 unspecified atom stereocenters. The van der Waals surface area contributed by atoms with Gasteiger partial charge in [-0.15, -0.1) is 0 Å². The maximum absolute atomic E-state index is 4.49. The summed E-state index contributed by atoms with van der Waals surface area (Å²) in [6, 6.07) is 0. The van der Waals surface area contributed by atoms with Crippen LogP contribution in [0.1, 0.15) is 32.4 Å². The van der Waals surface area contributed by atoms with Gasteiger partial charge in [0.25, 0.3) is 0 Å². The molecule has 1 atom stereocenters. The number of nitrogens with zero attached hydrogens (tertiary/aromatic N) is 2. The highest BCUT2D eigenvalue weighted by Crippen LogP contribution is 2.37. The zero-order chi connectivity index (χ0) is 10.8. The van der Waals surface area contributed by atoms with E-state index in [0.717, 1.165) is 36.6 Å². The first kappa shape index (κ1) is 10.5. The number of nitrogens with one attached hydrogen (secondary N) is 1. The second kappa shape index (κ2) is 4.25. The lowest BCUT2D eigenvalue weighted by molar-refractivity contribution is 0.432. The van der Waals surface area contributed by atoms with Gasteiger partial charge in [0.2, 0.25) is 5.95 Å². The molecule has 3 heteroatoms. The number of hydrogen-bond acceptors (Lipinski definition) is 2. The van der Waals surface area contributed by atoms with Crippen LogP contribution < -0.4 is 5.32 Å². The number of imidazole rings is 1. The van der Waals surface area contributed by atoms with Crippen molar-refractivity contribution in [2.24, 2.45) is 11.8 Å². The normalized spacial score (nSPS) is 17.8. The third-order valence-corrected chi connectivity index (χ3v) is 3.14. The monoisotopic (exact) mass is 207 g/mol. The summed E-state index contributed by atoms with van der Waals surface area (Å²) >= 11 is 0. The van der Waals surface area contributed by atoms with Gasteiger partial charge in [-0.2, -0.15) is 0 Å². The Morgan fingerprint density at radius 1 is 1.60 bits per heavy atom. The molecule has 3 nitrogen and oxygen atoms in total. The van der Waals surface area contributed by atoms with E-state index in [0.29, 0.717) is 0 Å². The van der Waals surface area contributed by atoms with Crippen molar-refractivity contribution in [2.45, 2.75) is 40.2 Å². The van der Waals surface area contributed by atoms with Gasteiger partial charge in [0.05, 0.1) is 5.69 Å². The zero-order valence-corrected chi connectivity index (χ0v) is 9.95. The fourth-order valence-corrected chi connectivity index (χ4v) is 2.11. The molecular weight excluding hydrogens is 186 g/mol. The Hall–Kier alpha value is -0.990. The lowest BCUT2D eigenvalue weighted by Gasteiger charge is -2.13. The topological polar surface area (TPSA) is 29.9 Å². The minimum atomic E-state index is 0.788. The number of aromatic nitrogens is 2. The Morgan fingerprint density at radius 2 is 2.33 bits per heavy atom. The van der Waals surface area contributed by atoms with E-state index in [1.54, 1.807) is 0 Å². The molecule has 1 aromatic heterocycles. The molecule has 0 radical (unpaired) electrons. The van der Waals surface area contributed by atoms with Crippen LogP contribution in [0.5, 0.6) is 0 Å². The van der Waals surface area contributed by atoms with E-state index in [1.165, 1.54) is 12.8 Å². The fraction of sp³-hybridized carbons (Fsp3) is 0.750. The van der Waals surface area contributed by atoms with Crippen molar-refractivity contribution >= 4 is 5.95 Å². The minimum absolute atomic E-state index is 0.788. The van der Waals surface area contributed by atoms with E-state index < -0.39 is 0 Å². The van der Waals surface area contributed by atoms with Crippen LogP contribution >= 0.6 is 0 Å². The van der Waals surface area contributed by atoms with Gasteiger partial charge >= 0.3 is 0 Å². The molecule has 1 aliphatic carbocycles. The maximum atomic E-state index is 4.49. The predicted octanol–water partition coefficient (Wildman–Crippen LogP) is 2.67. The van der Waals surface area contributed by atoms with Crippen molar-refractivity contribution in [1.29, 1.82) is 0 Å². The molecule has 1 aromatic rings. The molecule has 0 aliphatic heterocycles. The van der Waals surface area contributed by atoms with Gasteiger partial charge < -0.3 is 9.88 Å². The molecule has 15 heavy (non-hydrogen) atoms. The third kappa shape index (κ3) is 2.52. The van der Waals surface area contributed by atoms with Crippen molar-refractivity contribution in [3.63, 3.8) is 0 Å². The van der Waals surface area contributed by atoms with E-state index in [9.17, 15) is 0 Å². The van der Waals surface area contributed by atoms with E-state index in [4.69, 9.17) is 0 Å². The highest BCUT2D eigenvalue weighted by molar-refractivity contribution is 5.28. The average Bonchev–Trinajstić information content (AvgIpc) is 2.95. The van der Waals surface area contributed by atoms with Crippen molar-refractivity contribution < 1.29 is 0 Å². The Balaban J connectivity index is 2.04. The number of rotatable bonds is 5. The average molecular weight is 207 g/mol. The van der Waals surface area contributed by atoms with Crippen molar-refractivity contribution in [2.75, 3.05) is 11.9 Å². The largest absolute Gasteiger partial charge is 0.356 e. The molecule has 1 N–H and O–H groups in total. The van der Waals surface area contributed by atoms with E-state index >= 15 is 0 Å². The van der Waals surface area contributed by atoms with Gasteiger partial charge in [-0.3, -0.25) is 0 Å². The summed E-state index contributed by atoms with van der Waals surface area (Å²) in [5.74, 6) is 2.78. The molecule has 0 amide bonds. The van der Waals surface area contributed by atoms with Gasteiger partial charge in [0.15, 0.2) is 0 Å². The molecule has 84 valence electrons. The first-order chi connectivity index (χ1) is 7.20. The molecule has 1 aliphatic rings. The van der Waals surface area contributed by atoms with Crippen LogP contribution in [0, 0.1) is 18.8 Å². The smallest absolute Gasteiger partial charge is 0.203 e. The Kier molecular flexibility index (Phi) is 2.98. The summed E-state index contributed by atoms with van der Waals surface area (Å²) in [7, 11) is 0. The fourth-order valence-electron chi connectivity index (χ4n) is 2.11. The zero-order valence-electron chi connectivity index (χ0n) is 9.95. The van der Waals surface area contributed by atoms with Gasteiger partial charge in [0, 0.05) is 19.3 Å². The SMILES string of the molecule is CCNc1nc(C)cn1CC(C)C1CC1. The first-order valence-electron chi connectivity index (χ1n) is 5.98.